The quantitative estimate of drug-likeness (QED) is 0.742. The van der Waals surface area contributed by atoms with Crippen molar-refractivity contribution in [2.45, 2.75) is 45.6 Å². The summed E-state index contributed by atoms with van der Waals surface area (Å²) >= 11 is 1.63. The highest BCUT2D eigenvalue weighted by Gasteiger charge is 2.22. The van der Waals surface area contributed by atoms with Gasteiger partial charge in [0, 0.05) is 11.0 Å². The Morgan fingerprint density at radius 1 is 1.18 bits per heavy atom. The van der Waals surface area contributed by atoms with Crippen molar-refractivity contribution >= 4 is 29.3 Å². The Morgan fingerprint density at radius 2 is 1.86 bits per heavy atom. The third-order valence-electron chi connectivity index (χ3n) is 4.10. The highest BCUT2D eigenvalue weighted by atomic mass is 32.2. The summed E-state index contributed by atoms with van der Waals surface area (Å²) in [6.07, 6.45) is 5.70. The molecular weight excluding hydrogens is 372 g/mol. The molecule has 1 unspecified atom stereocenters. The van der Waals surface area contributed by atoms with Gasteiger partial charge in [0.15, 0.2) is 0 Å². The molecule has 0 bridgehead atoms. The van der Waals surface area contributed by atoms with Crippen molar-refractivity contribution in [1.29, 1.82) is 0 Å². The molecule has 2 rings (SSSR count). The van der Waals surface area contributed by atoms with Crippen LogP contribution in [0.2, 0.25) is 0 Å². The molecule has 150 valence electrons. The fourth-order valence-electron chi connectivity index (χ4n) is 2.54. The van der Waals surface area contributed by atoms with Crippen LogP contribution in [0, 0.1) is 6.92 Å². The highest BCUT2D eigenvalue weighted by Crippen LogP contribution is 2.18. The van der Waals surface area contributed by atoms with Crippen molar-refractivity contribution in [3.63, 3.8) is 0 Å². The van der Waals surface area contributed by atoms with E-state index in [4.69, 9.17) is 0 Å². The number of benzene rings is 1. The third-order valence-corrected chi connectivity index (χ3v) is 4.75. The van der Waals surface area contributed by atoms with Crippen LogP contribution in [0.1, 0.15) is 48.9 Å². The second-order valence-corrected chi connectivity index (χ2v) is 8.70. The molecule has 0 aliphatic carbocycles. The van der Waals surface area contributed by atoms with E-state index in [1.807, 2.05) is 46.1 Å². The number of anilines is 1. The minimum absolute atomic E-state index is 0.161. The molecule has 2 aromatic rings. The van der Waals surface area contributed by atoms with E-state index in [1.54, 1.807) is 36.3 Å². The Bertz CT molecular complexity index is 816. The second kappa shape index (κ2) is 9.68. The van der Waals surface area contributed by atoms with Crippen LogP contribution in [0.25, 0.3) is 0 Å². The van der Waals surface area contributed by atoms with E-state index < -0.39 is 6.04 Å². The minimum atomic E-state index is -0.636. The molecule has 0 aliphatic heterocycles. The summed E-state index contributed by atoms with van der Waals surface area (Å²) in [5.41, 5.74) is 1.89. The summed E-state index contributed by atoms with van der Waals surface area (Å²) in [7, 11) is 0. The molecular formula is C21H28N4O2S. The van der Waals surface area contributed by atoms with Crippen LogP contribution in [0.3, 0.4) is 0 Å². The molecule has 0 radical (unpaired) electrons. The first-order valence-electron chi connectivity index (χ1n) is 9.20. The third kappa shape index (κ3) is 6.34. The zero-order valence-electron chi connectivity index (χ0n) is 17.1. The summed E-state index contributed by atoms with van der Waals surface area (Å²) in [4.78, 5) is 34.0. The summed E-state index contributed by atoms with van der Waals surface area (Å²) < 4.78 is 0. The first-order chi connectivity index (χ1) is 13.2. The first-order valence-corrected chi connectivity index (χ1v) is 10.6. The van der Waals surface area contributed by atoms with Gasteiger partial charge in [-0.15, -0.1) is 0 Å². The topological polar surface area (TPSA) is 84.0 Å². The van der Waals surface area contributed by atoms with Gasteiger partial charge in [0.2, 0.25) is 5.91 Å². The van der Waals surface area contributed by atoms with E-state index in [2.05, 4.69) is 20.6 Å². The molecule has 1 aromatic carbocycles. The zero-order chi connectivity index (χ0) is 20.7. The van der Waals surface area contributed by atoms with E-state index in [0.29, 0.717) is 23.5 Å². The minimum Gasteiger partial charge on any atom is -0.340 e. The van der Waals surface area contributed by atoms with Crippen molar-refractivity contribution in [2.75, 3.05) is 17.3 Å². The van der Waals surface area contributed by atoms with Gasteiger partial charge in [-0.25, -0.2) is 9.97 Å². The van der Waals surface area contributed by atoms with Crippen molar-refractivity contribution < 1.29 is 9.59 Å². The van der Waals surface area contributed by atoms with Crippen LogP contribution in [-0.4, -0.2) is 39.8 Å². The molecule has 1 aromatic heterocycles. The van der Waals surface area contributed by atoms with E-state index in [1.165, 1.54) is 0 Å². The molecule has 1 heterocycles. The number of nitrogens with one attached hydrogen (secondary N) is 2. The van der Waals surface area contributed by atoms with E-state index in [9.17, 15) is 9.59 Å². The summed E-state index contributed by atoms with van der Waals surface area (Å²) in [5, 5.41) is 5.66. The van der Waals surface area contributed by atoms with E-state index in [0.717, 1.165) is 11.3 Å². The van der Waals surface area contributed by atoms with E-state index in [-0.39, 0.29) is 17.2 Å². The van der Waals surface area contributed by atoms with Crippen LogP contribution in [0.5, 0.6) is 0 Å². The Kier molecular flexibility index (Phi) is 7.57. The van der Waals surface area contributed by atoms with Gasteiger partial charge in [0.25, 0.3) is 5.91 Å². The Morgan fingerprint density at radius 3 is 2.43 bits per heavy atom. The zero-order valence-corrected chi connectivity index (χ0v) is 17.9. The number of carbonyl (C=O) groups is 2. The molecule has 0 saturated carbocycles. The predicted molar refractivity (Wildman–Crippen MR) is 115 cm³/mol. The number of aryl methyl sites for hydroxylation is 1. The number of hydrogen-bond acceptors (Lipinski definition) is 5. The van der Waals surface area contributed by atoms with Crippen molar-refractivity contribution in [3.05, 3.63) is 53.6 Å². The molecule has 7 heteroatoms. The fourth-order valence-corrected chi connectivity index (χ4v) is 3.01. The Balaban J connectivity index is 2.09. The molecule has 28 heavy (non-hydrogen) atoms. The lowest BCUT2D eigenvalue weighted by atomic mass is 9.96. The number of rotatable bonds is 7. The van der Waals surface area contributed by atoms with Crippen molar-refractivity contribution in [2.24, 2.45) is 0 Å². The van der Waals surface area contributed by atoms with Crippen LogP contribution in [0.4, 0.5) is 5.69 Å². The van der Waals surface area contributed by atoms with Crippen LogP contribution in [-0.2, 0) is 10.2 Å². The van der Waals surface area contributed by atoms with Crippen LogP contribution >= 0.6 is 11.8 Å². The predicted octanol–water partition coefficient (Wildman–Crippen LogP) is 3.57. The second-order valence-electron chi connectivity index (χ2n) is 7.71. The van der Waals surface area contributed by atoms with Gasteiger partial charge in [0.05, 0.1) is 18.1 Å². The van der Waals surface area contributed by atoms with Crippen molar-refractivity contribution in [3.8, 4) is 0 Å². The molecule has 0 aliphatic rings. The number of hydrogen-bond donors (Lipinski definition) is 2. The number of amides is 2. The Hall–Kier alpha value is -2.41. The molecule has 0 saturated heterocycles. The summed E-state index contributed by atoms with van der Waals surface area (Å²) in [6, 6.07) is 6.66. The lowest BCUT2D eigenvalue weighted by Gasteiger charge is -2.19. The molecule has 1 atom stereocenters. The SMILES string of the molecule is CSCCC(NC(=O)c1cccc(C)c1)C(=O)Nc1cnc(C(C)(C)C)nc1. The smallest absolute Gasteiger partial charge is 0.251 e. The van der Waals surface area contributed by atoms with Crippen LogP contribution in [0.15, 0.2) is 36.7 Å². The van der Waals surface area contributed by atoms with E-state index >= 15 is 0 Å². The summed E-state index contributed by atoms with van der Waals surface area (Å²) in [5.74, 6) is 0.926. The largest absolute Gasteiger partial charge is 0.340 e. The lowest BCUT2D eigenvalue weighted by Crippen LogP contribution is -2.44. The van der Waals surface area contributed by atoms with Gasteiger partial charge in [-0.1, -0.05) is 38.5 Å². The molecule has 0 spiro atoms. The maximum atomic E-state index is 12.7. The van der Waals surface area contributed by atoms with Crippen LogP contribution < -0.4 is 10.6 Å². The van der Waals surface area contributed by atoms with Gasteiger partial charge in [-0.2, -0.15) is 11.8 Å². The number of carbonyl (C=O) groups excluding carboxylic acids is 2. The normalized spacial score (nSPS) is 12.3. The van der Waals surface area contributed by atoms with Gasteiger partial charge in [-0.3, -0.25) is 9.59 Å². The van der Waals surface area contributed by atoms with Gasteiger partial charge < -0.3 is 10.6 Å². The molecule has 2 amide bonds. The van der Waals surface area contributed by atoms with Gasteiger partial charge >= 0.3 is 0 Å². The maximum Gasteiger partial charge on any atom is 0.251 e. The number of thioether (sulfide) groups is 1. The van der Waals surface area contributed by atoms with Crippen molar-refractivity contribution in [1.82, 2.24) is 15.3 Å². The average molecular weight is 401 g/mol. The highest BCUT2D eigenvalue weighted by molar-refractivity contribution is 7.98. The number of nitrogens with zero attached hydrogens (tertiary/aromatic N) is 2. The molecule has 2 N–H and O–H groups in total. The van der Waals surface area contributed by atoms with Gasteiger partial charge in [0.1, 0.15) is 11.9 Å². The lowest BCUT2D eigenvalue weighted by molar-refractivity contribution is -0.118. The average Bonchev–Trinajstić information content (AvgIpc) is 2.64. The number of aromatic nitrogens is 2. The molecule has 6 nitrogen and oxygen atoms in total. The monoisotopic (exact) mass is 400 g/mol. The summed E-state index contributed by atoms with van der Waals surface area (Å²) in [6.45, 7) is 8.01. The first kappa shape index (κ1) is 21.9. The maximum absolute atomic E-state index is 12.7. The molecule has 0 fully saturated rings. The Labute approximate surface area is 170 Å². The fraction of sp³-hybridized carbons (Fsp3) is 0.429. The standard InChI is InChI=1S/C21H28N4O2S/c1-14-7-6-8-15(11-14)18(26)25-17(9-10-28-5)19(27)24-16-12-22-20(23-13-16)21(2,3)4/h6-8,11-13,17H,9-10H2,1-5H3,(H,24,27)(H,25,26). The van der Waals surface area contributed by atoms with Gasteiger partial charge in [-0.05, 0) is 37.5 Å².